The molecule has 0 aliphatic rings. The molecule has 0 aliphatic heterocycles. The Morgan fingerprint density at radius 1 is 1.14 bits per heavy atom. The number of anilines is 1. The number of hydrogen-bond donors (Lipinski definition) is 2. The number of urea groups is 1. The molecule has 0 saturated carbocycles. The molecule has 6 heteroatoms. The van der Waals surface area contributed by atoms with Gasteiger partial charge in [-0.1, -0.05) is 11.6 Å². The first kappa shape index (κ1) is 15.1. The van der Waals surface area contributed by atoms with Crippen LogP contribution in [0.1, 0.15) is 6.92 Å². The largest absolute Gasteiger partial charge is 0.471 e. The Hall–Kier alpha value is -2.27. The summed E-state index contributed by atoms with van der Waals surface area (Å²) in [5.74, 6) is 0.231. The third-order valence-corrected chi connectivity index (χ3v) is 2.81. The average Bonchev–Trinajstić information content (AvgIpc) is 2.44. The van der Waals surface area contributed by atoms with Gasteiger partial charge in [0, 0.05) is 10.7 Å². The Morgan fingerprint density at radius 2 is 1.76 bits per heavy atom. The molecule has 0 fully saturated rings. The summed E-state index contributed by atoms with van der Waals surface area (Å²) in [6, 6.07) is 11.8. The molecule has 1 atom stereocenters. The van der Waals surface area contributed by atoms with Crippen LogP contribution in [-0.4, -0.2) is 12.3 Å². The molecule has 110 valence electrons. The highest BCUT2D eigenvalue weighted by Crippen LogP contribution is 2.16. The molecule has 2 amide bonds. The lowest BCUT2D eigenvalue weighted by molar-refractivity contribution is 0.183. The van der Waals surface area contributed by atoms with Gasteiger partial charge in [-0.3, -0.25) is 0 Å². The molecule has 0 saturated heterocycles. The summed E-state index contributed by atoms with van der Waals surface area (Å²) < 4.78 is 18.3. The number of rotatable bonds is 4. The molecule has 0 bridgehead atoms. The van der Waals surface area contributed by atoms with Crippen LogP contribution >= 0.6 is 11.6 Å². The molecule has 0 aromatic heterocycles. The SMILES string of the molecule is CC(NC(=O)Nc1ccc(F)cc1)Oc1ccc(Cl)cc1. The Labute approximate surface area is 126 Å². The van der Waals surface area contributed by atoms with Crippen LogP contribution in [-0.2, 0) is 0 Å². The second kappa shape index (κ2) is 6.95. The molecule has 2 aromatic carbocycles. The van der Waals surface area contributed by atoms with Crippen LogP contribution in [0.2, 0.25) is 5.02 Å². The van der Waals surface area contributed by atoms with E-state index < -0.39 is 12.3 Å². The van der Waals surface area contributed by atoms with E-state index >= 15 is 0 Å². The molecule has 0 aliphatic carbocycles. The zero-order valence-corrected chi connectivity index (χ0v) is 12.0. The van der Waals surface area contributed by atoms with Gasteiger partial charge >= 0.3 is 6.03 Å². The van der Waals surface area contributed by atoms with E-state index in [4.69, 9.17) is 16.3 Å². The van der Waals surface area contributed by atoms with Crippen molar-refractivity contribution in [3.8, 4) is 5.75 Å². The van der Waals surface area contributed by atoms with E-state index in [1.807, 2.05) is 0 Å². The van der Waals surface area contributed by atoms with Crippen molar-refractivity contribution in [3.05, 3.63) is 59.4 Å². The number of halogens is 2. The lowest BCUT2D eigenvalue weighted by Gasteiger charge is -2.16. The molecule has 2 rings (SSSR count). The standard InChI is InChI=1S/C15H14ClFN2O2/c1-10(21-14-8-2-11(16)3-9-14)18-15(20)19-13-6-4-12(17)5-7-13/h2-10H,1H3,(H2,18,19,20). The minimum Gasteiger partial charge on any atom is -0.471 e. The van der Waals surface area contributed by atoms with E-state index in [0.29, 0.717) is 16.5 Å². The second-order valence-electron chi connectivity index (χ2n) is 4.32. The minimum absolute atomic E-state index is 0.361. The summed E-state index contributed by atoms with van der Waals surface area (Å²) in [4.78, 5) is 11.7. The Kier molecular flexibility index (Phi) is 5.00. The maximum Gasteiger partial charge on any atom is 0.322 e. The van der Waals surface area contributed by atoms with Crippen LogP contribution in [0.25, 0.3) is 0 Å². The first-order chi connectivity index (χ1) is 10.0. The number of benzene rings is 2. The summed E-state index contributed by atoms with van der Waals surface area (Å²) in [5.41, 5.74) is 0.493. The van der Waals surface area contributed by atoms with Gasteiger partial charge in [-0.05, 0) is 55.5 Å². The van der Waals surface area contributed by atoms with Crippen LogP contribution in [0.5, 0.6) is 5.75 Å². The van der Waals surface area contributed by atoms with Gasteiger partial charge in [-0.2, -0.15) is 0 Å². The molecule has 0 heterocycles. The highest BCUT2D eigenvalue weighted by molar-refractivity contribution is 6.30. The van der Waals surface area contributed by atoms with Gasteiger partial charge in [0.1, 0.15) is 11.6 Å². The van der Waals surface area contributed by atoms with Gasteiger partial charge in [0.2, 0.25) is 0 Å². The molecular formula is C15H14ClFN2O2. The van der Waals surface area contributed by atoms with Crippen LogP contribution < -0.4 is 15.4 Å². The van der Waals surface area contributed by atoms with E-state index in [2.05, 4.69) is 10.6 Å². The predicted molar refractivity (Wildman–Crippen MR) is 80.1 cm³/mol. The lowest BCUT2D eigenvalue weighted by Crippen LogP contribution is -2.39. The monoisotopic (exact) mass is 308 g/mol. The molecular weight excluding hydrogens is 295 g/mol. The van der Waals surface area contributed by atoms with Crippen molar-refractivity contribution in [1.82, 2.24) is 5.32 Å². The van der Waals surface area contributed by atoms with Crippen molar-refractivity contribution in [2.75, 3.05) is 5.32 Å². The molecule has 4 nitrogen and oxygen atoms in total. The van der Waals surface area contributed by atoms with E-state index in [1.165, 1.54) is 24.3 Å². The van der Waals surface area contributed by atoms with Gasteiger partial charge in [0.05, 0.1) is 0 Å². The number of amides is 2. The van der Waals surface area contributed by atoms with Crippen LogP contribution in [0, 0.1) is 5.82 Å². The fraction of sp³-hybridized carbons (Fsp3) is 0.133. The Balaban J connectivity index is 1.84. The molecule has 0 radical (unpaired) electrons. The average molecular weight is 309 g/mol. The van der Waals surface area contributed by atoms with Crippen molar-refractivity contribution in [2.24, 2.45) is 0 Å². The summed E-state index contributed by atoms with van der Waals surface area (Å²) in [6.07, 6.45) is -0.536. The van der Waals surface area contributed by atoms with E-state index in [9.17, 15) is 9.18 Å². The molecule has 0 spiro atoms. The zero-order valence-electron chi connectivity index (χ0n) is 11.3. The van der Waals surface area contributed by atoms with Crippen LogP contribution in [0.15, 0.2) is 48.5 Å². The first-order valence-corrected chi connectivity index (χ1v) is 6.66. The number of carbonyl (C=O) groups excluding carboxylic acids is 1. The number of ether oxygens (including phenoxy) is 1. The Morgan fingerprint density at radius 3 is 2.38 bits per heavy atom. The molecule has 1 unspecified atom stereocenters. The lowest BCUT2D eigenvalue weighted by atomic mass is 10.3. The fourth-order valence-corrected chi connectivity index (χ4v) is 1.76. The maximum atomic E-state index is 12.7. The number of carbonyl (C=O) groups is 1. The smallest absolute Gasteiger partial charge is 0.322 e. The van der Waals surface area contributed by atoms with Crippen molar-refractivity contribution in [1.29, 1.82) is 0 Å². The fourth-order valence-electron chi connectivity index (χ4n) is 1.63. The summed E-state index contributed by atoms with van der Waals surface area (Å²) in [6.45, 7) is 1.69. The zero-order chi connectivity index (χ0) is 15.2. The van der Waals surface area contributed by atoms with Gasteiger partial charge in [-0.15, -0.1) is 0 Å². The van der Waals surface area contributed by atoms with E-state index in [1.54, 1.807) is 31.2 Å². The highest BCUT2D eigenvalue weighted by atomic mass is 35.5. The van der Waals surface area contributed by atoms with Gasteiger partial charge in [-0.25, -0.2) is 9.18 Å². The third kappa shape index (κ3) is 4.96. The van der Waals surface area contributed by atoms with Crippen molar-refractivity contribution in [2.45, 2.75) is 13.2 Å². The predicted octanol–water partition coefficient (Wildman–Crippen LogP) is 4.03. The van der Waals surface area contributed by atoms with Crippen LogP contribution in [0.3, 0.4) is 0 Å². The molecule has 2 aromatic rings. The van der Waals surface area contributed by atoms with Crippen LogP contribution in [0.4, 0.5) is 14.9 Å². The third-order valence-electron chi connectivity index (χ3n) is 2.56. The first-order valence-electron chi connectivity index (χ1n) is 6.28. The highest BCUT2D eigenvalue weighted by Gasteiger charge is 2.08. The summed E-state index contributed by atoms with van der Waals surface area (Å²) >= 11 is 5.77. The van der Waals surface area contributed by atoms with Gasteiger partial charge in [0.25, 0.3) is 0 Å². The summed E-state index contributed by atoms with van der Waals surface area (Å²) in [5, 5.41) is 5.79. The van der Waals surface area contributed by atoms with Crippen molar-refractivity contribution >= 4 is 23.3 Å². The minimum atomic E-state index is -0.536. The normalized spacial score (nSPS) is 11.6. The molecule has 21 heavy (non-hydrogen) atoms. The summed E-state index contributed by atoms with van der Waals surface area (Å²) in [7, 11) is 0. The number of nitrogens with one attached hydrogen (secondary N) is 2. The quantitative estimate of drug-likeness (QED) is 0.838. The second-order valence-corrected chi connectivity index (χ2v) is 4.76. The maximum absolute atomic E-state index is 12.7. The number of hydrogen-bond acceptors (Lipinski definition) is 2. The van der Waals surface area contributed by atoms with Crippen molar-refractivity contribution in [3.63, 3.8) is 0 Å². The van der Waals surface area contributed by atoms with Gasteiger partial charge in [0.15, 0.2) is 6.23 Å². The van der Waals surface area contributed by atoms with E-state index in [0.717, 1.165) is 0 Å². The Bertz CT molecular complexity index is 602. The van der Waals surface area contributed by atoms with Crippen molar-refractivity contribution < 1.29 is 13.9 Å². The topological polar surface area (TPSA) is 50.4 Å². The van der Waals surface area contributed by atoms with Gasteiger partial charge < -0.3 is 15.4 Å². The van der Waals surface area contributed by atoms with E-state index in [-0.39, 0.29) is 5.82 Å². The molecule has 2 N–H and O–H groups in total.